The van der Waals surface area contributed by atoms with Gasteiger partial charge in [0.05, 0.1) is 11.0 Å². The molecule has 2 fully saturated rings. The van der Waals surface area contributed by atoms with Crippen molar-refractivity contribution in [2.45, 2.75) is 58.2 Å². The second-order valence-corrected chi connectivity index (χ2v) is 9.31. The normalized spacial score (nSPS) is 24.3. The summed E-state index contributed by atoms with van der Waals surface area (Å²) in [7, 11) is 0. The van der Waals surface area contributed by atoms with Gasteiger partial charge in [0.1, 0.15) is 12.3 Å². The summed E-state index contributed by atoms with van der Waals surface area (Å²) < 4.78 is 8.14. The summed E-state index contributed by atoms with van der Waals surface area (Å²) in [5, 5.41) is 3.30. The average Bonchev–Trinajstić information content (AvgIpc) is 3.49. The second kappa shape index (κ2) is 8.37. The van der Waals surface area contributed by atoms with Crippen LogP contribution in [0.5, 0.6) is 5.75 Å². The number of carbonyl (C=O) groups is 1. The van der Waals surface area contributed by atoms with E-state index in [1.807, 2.05) is 66.1 Å². The summed E-state index contributed by atoms with van der Waals surface area (Å²) >= 11 is 0. The first-order valence-electron chi connectivity index (χ1n) is 11.5. The van der Waals surface area contributed by atoms with Crippen molar-refractivity contribution in [3.05, 3.63) is 60.4 Å². The zero-order chi connectivity index (χ0) is 21.4. The molecule has 5 nitrogen and oxygen atoms in total. The van der Waals surface area contributed by atoms with Gasteiger partial charge in [-0.05, 0) is 75.1 Å². The van der Waals surface area contributed by atoms with E-state index in [0.717, 1.165) is 34.4 Å². The van der Waals surface area contributed by atoms with Crippen molar-refractivity contribution in [3.63, 3.8) is 0 Å². The minimum atomic E-state index is -0.273. The van der Waals surface area contributed by atoms with Gasteiger partial charge >= 0.3 is 0 Å². The van der Waals surface area contributed by atoms with E-state index in [1.54, 1.807) is 0 Å². The topological polar surface area (TPSA) is 56.2 Å². The first kappa shape index (κ1) is 20.1. The SMILES string of the molecule is CC(Oc1ccccc1)c1nc2ccccc2n1CC(=O)NC(C)C1CC2CCC1C2. The van der Waals surface area contributed by atoms with E-state index in [1.165, 1.54) is 25.7 Å². The molecule has 0 saturated heterocycles. The Hall–Kier alpha value is -2.82. The van der Waals surface area contributed by atoms with Crippen molar-refractivity contribution >= 4 is 16.9 Å². The number of nitrogens with one attached hydrogen (secondary N) is 1. The highest BCUT2D eigenvalue weighted by molar-refractivity contribution is 5.81. The van der Waals surface area contributed by atoms with Crippen LogP contribution < -0.4 is 10.1 Å². The Morgan fingerprint density at radius 3 is 2.61 bits per heavy atom. The molecule has 2 aliphatic rings. The summed E-state index contributed by atoms with van der Waals surface area (Å²) in [6.45, 7) is 4.42. The van der Waals surface area contributed by atoms with Gasteiger partial charge in [-0.1, -0.05) is 36.8 Å². The van der Waals surface area contributed by atoms with E-state index in [9.17, 15) is 4.79 Å². The van der Waals surface area contributed by atoms with Gasteiger partial charge in [-0.2, -0.15) is 0 Å². The first-order valence-corrected chi connectivity index (χ1v) is 11.5. The molecular weight excluding hydrogens is 386 g/mol. The van der Waals surface area contributed by atoms with Gasteiger partial charge in [-0.3, -0.25) is 4.79 Å². The number of amides is 1. The molecule has 5 rings (SSSR count). The third-order valence-electron chi connectivity index (χ3n) is 7.23. The van der Waals surface area contributed by atoms with Crippen LogP contribution >= 0.6 is 0 Å². The maximum Gasteiger partial charge on any atom is 0.240 e. The van der Waals surface area contributed by atoms with Gasteiger partial charge in [0, 0.05) is 6.04 Å². The highest BCUT2D eigenvalue weighted by Crippen LogP contribution is 2.49. The third kappa shape index (κ3) is 4.06. The predicted octanol–water partition coefficient (Wildman–Crippen LogP) is 5.12. The highest BCUT2D eigenvalue weighted by atomic mass is 16.5. The molecule has 0 aliphatic heterocycles. The fourth-order valence-corrected chi connectivity index (χ4v) is 5.78. The van der Waals surface area contributed by atoms with Crippen LogP contribution in [0.4, 0.5) is 0 Å². The largest absolute Gasteiger partial charge is 0.483 e. The lowest BCUT2D eigenvalue weighted by Crippen LogP contribution is -2.41. The van der Waals surface area contributed by atoms with Crippen LogP contribution in [0.3, 0.4) is 0 Å². The Bertz CT molecular complexity index is 1060. The molecule has 1 heterocycles. The number of rotatable bonds is 7. The molecule has 0 radical (unpaired) electrons. The number of aromatic nitrogens is 2. The van der Waals surface area contributed by atoms with Crippen molar-refractivity contribution in [1.82, 2.24) is 14.9 Å². The number of hydrogen-bond acceptors (Lipinski definition) is 3. The van der Waals surface area contributed by atoms with Gasteiger partial charge in [-0.25, -0.2) is 4.98 Å². The molecule has 2 aromatic carbocycles. The van der Waals surface area contributed by atoms with Crippen molar-refractivity contribution in [3.8, 4) is 5.75 Å². The zero-order valence-corrected chi connectivity index (χ0v) is 18.3. The number of hydrogen-bond donors (Lipinski definition) is 1. The Morgan fingerprint density at radius 1 is 1.10 bits per heavy atom. The summed E-state index contributed by atoms with van der Waals surface area (Å²) in [6, 6.07) is 17.9. The van der Waals surface area contributed by atoms with Gasteiger partial charge in [0.2, 0.25) is 5.91 Å². The quantitative estimate of drug-likeness (QED) is 0.581. The standard InChI is InChI=1S/C26H31N3O2/c1-17(22-15-19-12-13-20(22)14-19)27-25(30)16-29-24-11-7-6-10-23(24)28-26(29)18(2)31-21-8-4-3-5-9-21/h3-11,17-20,22H,12-16H2,1-2H3,(H,27,30). The molecule has 5 unspecified atom stereocenters. The van der Waals surface area contributed by atoms with Crippen molar-refractivity contribution < 1.29 is 9.53 Å². The van der Waals surface area contributed by atoms with Crippen LogP contribution in [0.1, 0.15) is 51.5 Å². The highest BCUT2D eigenvalue weighted by Gasteiger charge is 2.42. The number of nitrogens with zero attached hydrogens (tertiary/aromatic N) is 2. The molecule has 31 heavy (non-hydrogen) atoms. The van der Waals surface area contributed by atoms with Gasteiger partial charge in [-0.15, -0.1) is 0 Å². The molecule has 3 aromatic rings. The van der Waals surface area contributed by atoms with Crippen molar-refractivity contribution in [2.75, 3.05) is 0 Å². The molecule has 1 aromatic heterocycles. The zero-order valence-electron chi connectivity index (χ0n) is 18.3. The molecule has 2 aliphatic carbocycles. The number of fused-ring (bicyclic) bond motifs is 3. The lowest BCUT2D eigenvalue weighted by molar-refractivity contribution is -0.122. The lowest BCUT2D eigenvalue weighted by Gasteiger charge is -2.28. The summed E-state index contributed by atoms with van der Waals surface area (Å²) in [6.07, 6.45) is 5.07. The number of para-hydroxylation sites is 3. The Balaban J connectivity index is 1.34. The number of ether oxygens (including phenoxy) is 1. The van der Waals surface area contributed by atoms with Crippen LogP contribution in [0.15, 0.2) is 54.6 Å². The van der Waals surface area contributed by atoms with Crippen LogP contribution in [0.25, 0.3) is 11.0 Å². The summed E-state index contributed by atoms with van der Waals surface area (Å²) in [5.74, 6) is 3.92. The fraction of sp³-hybridized carbons (Fsp3) is 0.462. The van der Waals surface area contributed by atoms with Crippen molar-refractivity contribution in [2.24, 2.45) is 17.8 Å². The summed E-state index contributed by atoms with van der Waals surface area (Å²) in [5.41, 5.74) is 1.85. The number of benzene rings is 2. The smallest absolute Gasteiger partial charge is 0.240 e. The maximum absolute atomic E-state index is 13.1. The second-order valence-electron chi connectivity index (χ2n) is 9.31. The van der Waals surface area contributed by atoms with Gasteiger partial charge < -0.3 is 14.6 Å². The third-order valence-corrected chi connectivity index (χ3v) is 7.23. The van der Waals surface area contributed by atoms with Crippen LogP contribution in [0.2, 0.25) is 0 Å². The van der Waals surface area contributed by atoms with Gasteiger partial charge in [0.15, 0.2) is 11.9 Å². The first-order chi connectivity index (χ1) is 15.1. The van der Waals surface area contributed by atoms with E-state index in [4.69, 9.17) is 9.72 Å². The molecule has 1 amide bonds. The fourth-order valence-electron chi connectivity index (χ4n) is 5.78. The predicted molar refractivity (Wildman–Crippen MR) is 122 cm³/mol. The maximum atomic E-state index is 13.1. The summed E-state index contributed by atoms with van der Waals surface area (Å²) in [4.78, 5) is 17.9. The lowest BCUT2D eigenvalue weighted by atomic mass is 9.84. The van der Waals surface area contributed by atoms with Gasteiger partial charge in [0.25, 0.3) is 0 Å². The van der Waals surface area contributed by atoms with E-state index in [2.05, 4.69) is 12.2 Å². The molecule has 162 valence electrons. The molecular formula is C26H31N3O2. The minimum Gasteiger partial charge on any atom is -0.483 e. The molecule has 1 N–H and O–H groups in total. The van der Waals surface area contributed by atoms with Crippen LogP contribution in [0, 0.1) is 17.8 Å². The molecule has 0 spiro atoms. The Morgan fingerprint density at radius 2 is 1.87 bits per heavy atom. The van der Waals surface area contributed by atoms with Crippen molar-refractivity contribution in [1.29, 1.82) is 0 Å². The number of carbonyl (C=O) groups excluding carboxylic acids is 1. The molecule has 5 atom stereocenters. The van der Waals surface area contributed by atoms with E-state index < -0.39 is 0 Å². The van der Waals surface area contributed by atoms with E-state index >= 15 is 0 Å². The van der Waals surface area contributed by atoms with Crippen LogP contribution in [-0.4, -0.2) is 21.5 Å². The average molecular weight is 418 g/mol. The Labute approximate surface area is 183 Å². The molecule has 2 bridgehead atoms. The van der Waals surface area contributed by atoms with E-state index in [-0.39, 0.29) is 24.6 Å². The minimum absolute atomic E-state index is 0.0478. The Kier molecular flexibility index (Phi) is 5.43. The monoisotopic (exact) mass is 417 g/mol. The van der Waals surface area contributed by atoms with E-state index in [0.29, 0.717) is 5.92 Å². The molecule has 5 heteroatoms. The molecule has 2 saturated carbocycles. The van der Waals surface area contributed by atoms with Crippen LogP contribution in [-0.2, 0) is 11.3 Å². The number of imidazole rings is 1.